The van der Waals surface area contributed by atoms with E-state index in [1.165, 1.54) is 0 Å². The molecule has 0 amide bonds. The number of nitrogens with zero attached hydrogens (tertiary/aromatic N) is 1. The molecule has 4 heteroatoms. The molecule has 1 saturated carbocycles. The van der Waals surface area contributed by atoms with Crippen molar-refractivity contribution in [3.05, 3.63) is 0 Å². The Hall–Kier alpha value is -0.220. The summed E-state index contributed by atoms with van der Waals surface area (Å²) in [5, 5.41) is 3.36. The number of likely N-dealkylation sites (N-methyl/N-ethyl adjacent to an activating group) is 1. The molecule has 0 bridgehead atoms. The van der Waals surface area contributed by atoms with Crippen LogP contribution in [0.15, 0.2) is 0 Å². The zero-order chi connectivity index (χ0) is 12.0. The summed E-state index contributed by atoms with van der Waals surface area (Å²) in [6.45, 7) is 6.06. The minimum Gasteiger partial charge on any atom is -0.315 e. The molecule has 0 unspecified atom stereocenters. The smallest absolute Gasteiger partial charge is 0.248 e. The Morgan fingerprint density at radius 2 is 1.94 bits per heavy atom. The van der Waals surface area contributed by atoms with E-state index in [9.17, 15) is 8.78 Å². The molecule has 0 aromatic rings. The zero-order valence-corrected chi connectivity index (χ0v) is 10.4. The molecule has 1 N–H and O–H groups in total. The van der Waals surface area contributed by atoms with Crippen molar-refractivity contribution in [2.75, 3.05) is 33.2 Å². The number of hydrogen-bond acceptors (Lipinski definition) is 2. The van der Waals surface area contributed by atoms with Gasteiger partial charge in [-0.1, -0.05) is 6.92 Å². The van der Waals surface area contributed by atoms with Crippen LogP contribution in [0.25, 0.3) is 0 Å². The SMILES string of the molecule is CCN(C)CCNCC1CCC(F)(F)CC1. The van der Waals surface area contributed by atoms with Crippen LogP contribution in [0.5, 0.6) is 0 Å². The van der Waals surface area contributed by atoms with Crippen LogP contribution in [0.4, 0.5) is 8.78 Å². The monoisotopic (exact) mass is 234 g/mol. The predicted octanol–water partition coefficient (Wildman–Crippen LogP) is 2.35. The number of alkyl halides is 2. The highest BCUT2D eigenvalue weighted by Gasteiger charge is 2.34. The number of halogens is 2. The third-order valence-corrected chi connectivity index (χ3v) is 3.48. The summed E-state index contributed by atoms with van der Waals surface area (Å²) in [6, 6.07) is 0. The van der Waals surface area contributed by atoms with Gasteiger partial charge in [0.15, 0.2) is 0 Å². The van der Waals surface area contributed by atoms with Gasteiger partial charge >= 0.3 is 0 Å². The number of nitrogens with one attached hydrogen (secondary N) is 1. The lowest BCUT2D eigenvalue weighted by Gasteiger charge is -2.28. The zero-order valence-electron chi connectivity index (χ0n) is 10.4. The fourth-order valence-electron chi connectivity index (χ4n) is 2.04. The second-order valence-corrected chi connectivity index (χ2v) is 4.90. The second kappa shape index (κ2) is 6.50. The molecule has 0 radical (unpaired) electrons. The van der Waals surface area contributed by atoms with Crippen molar-refractivity contribution in [1.29, 1.82) is 0 Å². The first kappa shape index (κ1) is 13.8. The van der Waals surface area contributed by atoms with E-state index >= 15 is 0 Å². The van der Waals surface area contributed by atoms with Crippen LogP contribution in [0, 0.1) is 5.92 Å². The molecule has 2 nitrogen and oxygen atoms in total. The van der Waals surface area contributed by atoms with Crippen molar-refractivity contribution >= 4 is 0 Å². The van der Waals surface area contributed by atoms with Crippen LogP contribution in [-0.2, 0) is 0 Å². The van der Waals surface area contributed by atoms with Gasteiger partial charge in [0.2, 0.25) is 5.92 Å². The van der Waals surface area contributed by atoms with Gasteiger partial charge in [-0.3, -0.25) is 0 Å². The summed E-state index contributed by atoms with van der Waals surface area (Å²) in [7, 11) is 2.09. The molecule has 16 heavy (non-hydrogen) atoms. The highest BCUT2D eigenvalue weighted by Crippen LogP contribution is 2.35. The van der Waals surface area contributed by atoms with Crippen LogP contribution in [0.3, 0.4) is 0 Å². The van der Waals surface area contributed by atoms with Crippen molar-refractivity contribution in [1.82, 2.24) is 10.2 Å². The quantitative estimate of drug-likeness (QED) is 0.710. The van der Waals surface area contributed by atoms with Crippen molar-refractivity contribution in [3.63, 3.8) is 0 Å². The highest BCUT2D eigenvalue weighted by atomic mass is 19.3. The van der Waals surface area contributed by atoms with Gasteiger partial charge in [0, 0.05) is 25.9 Å². The van der Waals surface area contributed by atoms with Gasteiger partial charge < -0.3 is 10.2 Å². The van der Waals surface area contributed by atoms with E-state index in [4.69, 9.17) is 0 Å². The molecule has 1 aliphatic rings. The van der Waals surface area contributed by atoms with E-state index in [-0.39, 0.29) is 12.8 Å². The van der Waals surface area contributed by atoms with Gasteiger partial charge in [0.25, 0.3) is 0 Å². The first-order valence-electron chi connectivity index (χ1n) is 6.30. The maximum atomic E-state index is 12.9. The van der Waals surface area contributed by atoms with Crippen molar-refractivity contribution in [3.8, 4) is 0 Å². The Morgan fingerprint density at radius 3 is 2.50 bits per heavy atom. The minimum atomic E-state index is -2.39. The Morgan fingerprint density at radius 1 is 1.31 bits per heavy atom. The average molecular weight is 234 g/mol. The van der Waals surface area contributed by atoms with Crippen molar-refractivity contribution in [2.45, 2.75) is 38.5 Å². The molecule has 0 heterocycles. The first-order valence-corrected chi connectivity index (χ1v) is 6.30. The van der Waals surface area contributed by atoms with Crippen molar-refractivity contribution < 1.29 is 8.78 Å². The molecule has 0 atom stereocenters. The standard InChI is InChI=1S/C12H24F2N2/c1-3-16(2)9-8-15-10-11-4-6-12(13,14)7-5-11/h11,15H,3-10H2,1-2H3. The Balaban J connectivity index is 2.02. The molecule has 0 saturated heterocycles. The summed E-state index contributed by atoms with van der Waals surface area (Å²) in [5.41, 5.74) is 0. The van der Waals surface area contributed by atoms with E-state index in [0.29, 0.717) is 18.8 Å². The fraction of sp³-hybridized carbons (Fsp3) is 1.00. The van der Waals surface area contributed by atoms with Gasteiger partial charge in [0.1, 0.15) is 0 Å². The molecule has 1 rings (SSSR count). The van der Waals surface area contributed by atoms with Crippen LogP contribution in [-0.4, -0.2) is 44.0 Å². The van der Waals surface area contributed by atoms with E-state index in [1.54, 1.807) is 0 Å². The van der Waals surface area contributed by atoms with E-state index < -0.39 is 5.92 Å². The van der Waals surface area contributed by atoms with Gasteiger partial charge in [0.05, 0.1) is 0 Å². The maximum Gasteiger partial charge on any atom is 0.248 e. The largest absolute Gasteiger partial charge is 0.315 e. The van der Waals surface area contributed by atoms with E-state index in [1.807, 2.05) is 0 Å². The lowest BCUT2D eigenvalue weighted by atomic mass is 9.87. The minimum absolute atomic E-state index is 0.0776. The molecule has 0 aromatic heterocycles. The topological polar surface area (TPSA) is 15.3 Å². The summed E-state index contributed by atoms with van der Waals surface area (Å²) in [6.07, 6.45) is 1.50. The Labute approximate surface area is 97.4 Å². The summed E-state index contributed by atoms with van der Waals surface area (Å²) >= 11 is 0. The van der Waals surface area contributed by atoms with Gasteiger partial charge in [-0.15, -0.1) is 0 Å². The third kappa shape index (κ3) is 5.21. The first-order chi connectivity index (χ1) is 7.53. The Kier molecular flexibility index (Phi) is 5.62. The molecule has 1 aliphatic carbocycles. The summed E-state index contributed by atoms with van der Waals surface area (Å²) in [4.78, 5) is 2.24. The van der Waals surface area contributed by atoms with Crippen LogP contribution in [0.2, 0.25) is 0 Å². The fourth-order valence-corrected chi connectivity index (χ4v) is 2.04. The molecular formula is C12H24F2N2. The van der Waals surface area contributed by atoms with E-state index in [2.05, 4.69) is 24.2 Å². The number of hydrogen-bond donors (Lipinski definition) is 1. The Bertz CT molecular complexity index is 187. The summed E-state index contributed by atoms with van der Waals surface area (Å²) < 4.78 is 25.8. The van der Waals surface area contributed by atoms with E-state index in [0.717, 1.165) is 26.2 Å². The maximum absolute atomic E-state index is 12.9. The van der Waals surface area contributed by atoms with Gasteiger partial charge in [-0.2, -0.15) is 0 Å². The predicted molar refractivity (Wildman–Crippen MR) is 62.9 cm³/mol. The average Bonchev–Trinajstić information content (AvgIpc) is 2.26. The lowest BCUT2D eigenvalue weighted by molar-refractivity contribution is -0.0454. The summed E-state index contributed by atoms with van der Waals surface area (Å²) in [5.74, 6) is -1.94. The van der Waals surface area contributed by atoms with Crippen LogP contribution in [0.1, 0.15) is 32.6 Å². The number of rotatable bonds is 6. The normalized spacial score (nSPS) is 21.6. The molecule has 1 fully saturated rings. The van der Waals surface area contributed by atoms with Gasteiger partial charge in [-0.05, 0) is 38.9 Å². The third-order valence-electron chi connectivity index (χ3n) is 3.48. The highest BCUT2D eigenvalue weighted by molar-refractivity contribution is 4.78. The molecule has 0 spiro atoms. The molecule has 96 valence electrons. The molecule has 0 aliphatic heterocycles. The molecular weight excluding hydrogens is 210 g/mol. The second-order valence-electron chi connectivity index (χ2n) is 4.90. The van der Waals surface area contributed by atoms with Gasteiger partial charge in [-0.25, -0.2) is 8.78 Å². The van der Waals surface area contributed by atoms with Crippen molar-refractivity contribution in [2.24, 2.45) is 5.92 Å². The van der Waals surface area contributed by atoms with Crippen LogP contribution < -0.4 is 5.32 Å². The van der Waals surface area contributed by atoms with Crippen LogP contribution >= 0.6 is 0 Å². The molecule has 0 aromatic carbocycles. The lowest BCUT2D eigenvalue weighted by Crippen LogP contribution is -2.34.